The van der Waals surface area contributed by atoms with Crippen LogP contribution in [0.5, 0.6) is 0 Å². The van der Waals surface area contributed by atoms with Crippen LogP contribution in [0.15, 0.2) is 18.2 Å². The number of nitrogens with zero attached hydrogens (tertiary/aromatic N) is 1. The van der Waals surface area contributed by atoms with Crippen LogP contribution < -0.4 is 5.32 Å². The highest BCUT2D eigenvalue weighted by Crippen LogP contribution is 2.46. The van der Waals surface area contributed by atoms with Gasteiger partial charge in [0.25, 0.3) is 0 Å². The molecule has 1 aliphatic heterocycles. The molecule has 1 fully saturated rings. The van der Waals surface area contributed by atoms with Gasteiger partial charge in [-0.15, -0.1) is 0 Å². The zero-order chi connectivity index (χ0) is 12.0. The number of alkyl halides is 1. The van der Waals surface area contributed by atoms with Crippen molar-refractivity contribution in [3.8, 4) is 0 Å². The predicted molar refractivity (Wildman–Crippen MR) is 71.3 cm³/mol. The zero-order valence-electron chi connectivity index (χ0n) is 9.74. The Bertz CT molecular complexity index is 470. The Morgan fingerprint density at radius 1 is 1.47 bits per heavy atom. The predicted octanol–water partition coefficient (Wildman–Crippen LogP) is 3.51. The number of nitrogens with one attached hydrogen (secondary N) is 1. The van der Waals surface area contributed by atoms with Crippen molar-refractivity contribution in [1.29, 1.82) is 0 Å². The van der Waals surface area contributed by atoms with E-state index < -0.39 is 0 Å². The van der Waals surface area contributed by atoms with Crippen molar-refractivity contribution in [2.45, 2.75) is 24.2 Å². The lowest BCUT2D eigenvalue weighted by Crippen LogP contribution is -2.35. The number of anilines is 1. The molecule has 3 rings (SSSR count). The molecule has 2 aliphatic rings. The van der Waals surface area contributed by atoms with E-state index in [1.807, 2.05) is 13.1 Å². The Labute approximate surface area is 109 Å². The van der Waals surface area contributed by atoms with Gasteiger partial charge in [-0.25, -0.2) is 4.79 Å². The summed E-state index contributed by atoms with van der Waals surface area (Å²) < 4.78 is 0. The van der Waals surface area contributed by atoms with Gasteiger partial charge < -0.3 is 10.2 Å². The van der Waals surface area contributed by atoms with Crippen LogP contribution >= 0.6 is 15.9 Å². The lowest BCUT2D eigenvalue weighted by molar-refractivity contribution is 0.218. The summed E-state index contributed by atoms with van der Waals surface area (Å²) in [6.45, 7) is 0.694. The van der Waals surface area contributed by atoms with Crippen LogP contribution in [-0.2, 0) is 6.54 Å². The number of hydrogen-bond acceptors (Lipinski definition) is 1. The second-order valence-electron chi connectivity index (χ2n) is 4.94. The van der Waals surface area contributed by atoms with E-state index in [-0.39, 0.29) is 6.03 Å². The Morgan fingerprint density at radius 3 is 2.94 bits per heavy atom. The van der Waals surface area contributed by atoms with E-state index in [1.165, 1.54) is 24.0 Å². The van der Waals surface area contributed by atoms with Gasteiger partial charge in [0, 0.05) is 24.1 Å². The largest absolute Gasteiger partial charge is 0.323 e. The summed E-state index contributed by atoms with van der Waals surface area (Å²) in [5.74, 6) is 0.795. The summed E-state index contributed by atoms with van der Waals surface area (Å²) in [4.78, 5) is 13.7. The maximum absolute atomic E-state index is 11.5. The zero-order valence-corrected chi connectivity index (χ0v) is 11.3. The van der Waals surface area contributed by atoms with Crippen LogP contribution in [0.4, 0.5) is 10.5 Å². The van der Waals surface area contributed by atoms with Crippen molar-refractivity contribution in [2.75, 3.05) is 12.4 Å². The SMILES string of the molecule is CN1Cc2cc(C(Br)C3CC3)ccc2NC1=O. The topological polar surface area (TPSA) is 32.3 Å². The fraction of sp³-hybridized carbons (Fsp3) is 0.462. The second kappa shape index (κ2) is 4.02. The fourth-order valence-electron chi connectivity index (χ4n) is 2.24. The van der Waals surface area contributed by atoms with Gasteiger partial charge in [0.2, 0.25) is 0 Å². The molecule has 1 N–H and O–H groups in total. The maximum atomic E-state index is 11.5. The van der Waals surface area contributed by atoms with Gasteiger partial charge in [0.1, 0.15) is 0 Å². The Kier molecular flexibility index (Phi) is 2.62. The molecule has 1 heterocycles. The van der Waals surface area contributed by atoms with Crippen LogP contribution in [0.1, 0.15) is 28.8 Å². The summed E-state index contributed by atoms with van der Waals surface area (Å²) in [7, 11) is 1.82. The minimum Gasteiger partial charge on any atom is -0.323 e. The third kappa shape index (κ3) is 2.06. The molecule has 3 nitrogen and oxygen atoms in total. The van der Waals surface area contributed by atoms with E-state index in [0.29, 0.717) is 11.4 Å². The molecule has 1 aromatic rings. The van der Waals surface area contributed by atoms with E-state index in [2.05, 4.69) is 33.4 Å². The molecule has 1 unspecified atom stereocenters. The number of hydrogen-bond donors (Lipinski definition) is 1. The molecule has 1 saturated carbocycles. The Hall–Kier alpha value is -1.03. The van der Waals surface area contributed by atoms with E-state index >= 15 is 0 Å². The minimum absolute atomic E-state index is 0.0252. The van der Waals surface area contributed by atoms with Crippen molar-refractivity contribution in [3.05, 3.63) is 29.3 Å². The molecule has 90 valence electrons. The summed E-state index contributed by atoms with van der Waals surface area (Å²) in [5, 5.41) is 2.89. The third-order valence-electron chi connectivity index (χ3n) is 3.48. The second-order valence-corrected chi connectivity index (χ2v) is 5.93. The van der Waals surface area contributed by atoms with Gasteiger partial charge in [-0.3, -0.25) is 0 Å². The number of fused-ring (bicyclic) bond motifs is 1. The molecule has 0 radical (unpaired) electrons. The quantitative estimate of drug-likeness (QED) is 0.832. The van der Waals surface area contributed by atoms with Gasteiger partial charge in [0.15, 0.2) is 0 Å². The summed E-state index contributed by atoms with van der Waals surface area (Å²) in [5.41, 5.74) is 3.48. The van der Waals surface area contributed by atoms with Crippen LogP contribution in [0.2, 0.25) is 0 Å². The van der Waals surface area contributed by atoms with Gasteiger partial charge in [-0.2, -0.15) is 0 Å². The average molecular weight is 295 g/mol. The lowest BCUT2D eigenvalue weighted by Gasteiger charge is -2.26. The molecule has 1 atom stereocenters. The van der Waals surface area contributed by atoms with Crippen LogP contribution in [0, 0.1) is 5.92 Å². The molecular weight excluding hydrogens is 280 g/mol. The van der Waals surface area contributed by atoms with Crippen LogP contribution in [-0.4, -0.2) is 18.0 Å². The summed E-state index contributed by atoms with van der Waals surface area (Å²) >= 11 is 3.77. The first-order chi connectivity index (χ1) is 8.15. The van der Waals surface area contributed by atoms with Gasteiger partial charge in [-0.05, 0) is 36.0 Å². The minimum atomic E-state index is -0.0252. The molecule has 4 heteroatoms. The highest BCUT2D eigenvalue weighted by molar-refractivity contribution is 9.09. The molecule has 17 heavy (non-hydrogen) atoms. The number of amides is 2. The first-order valence-electron chi connectivity index (χ1n) is 5.94. The van der Waals surface area contributed by atoms with Gasteiger partial charge in [-0.1, -0.05) is 28.1 Å². The molecule has 0 saturated heterocycles. The molecule has 1 aromatic carbocycles. The van der Waals surface area contributed by atoms with E-state index in [4.69, 9.17) is 0 Å². The molecule has 0 aromatic heterocycles. The van der Waals surface area contributed by atoms with E-state index in [1.54, 1.807) is 4.90 Å². The molecule has 0 bridgehead atoms. The Morgan fingerprint density at radius 2 is 2.24 bits per heavy atom. The van der Waals surface area contributed by atoms with E-state index in [9.17, 15) is 4.79 Å². The maximum Gasteiger partial charge on any atom is 0.321 e. The highest BCUT2D eigenvalue weighted by Gasteiger charge is 2.31. The first kappa shape index (κ1) is 11.1. The van der Waals surface area contributed by atoms with Crippen molar-refractivity contribution in [2.24, 2.45) is 5.92 Å². The normalized spacial score (nSPS) is 20.8. The monoisotopic (exact) mass is 294 g/mol. The number of carbonyl (C=O) groups is 1. The van der Waals surface area contributed by atoms with E-state index in [0.717, 1.165) is 11.6 Å². The number of urea groups is 1. The lowest BCUT2D eigenvalue weighted by atomic mass is 10.0. The molecule has 1 aliphatic carbocycles. The molecule has 0 spiro atoms. The first-order valence-corrected chi connectivity index (χ1v) is 6.86. The van der Waals surface area contributed by atoms with Gasteiger partial charge in [0.05, 0.1) is 0 Å². The highest BCUT2D eigenvalue weighted by atomic mass is 79.9. The number of rotatable bonds is 2. The van der Waals surface area contributed by atoms with Crippen molar-refractivity contribution < 1.29 is 4.79 Å². The molecule has 2 amide bonds. The summed E-state index contributed by atoms with van der Waals surface area (Å²) in [6.07, 6.45) is 2.65. The third-order valence-corrected chi connectivity index (χ3v) is 4.76. The molecular formula is C13H15BrN2O. The van der Waals surface area contributed by atoms with Crippen molar-refractivity contribution in [3.63, 3.8) is 0 Å². The standard InChI is InChI=1S/C13H15BrN2O/c1-16-7-10-6-9(12(14)8-2-3-8)4-5-11(10)15-13(16)17/h4-6,8,12H,2-3,7H2,1H3,(H,15,17). The van der Waals surface area contributed by atoms with Crippen LogP contribution in [0.25, 0.3) is 0 Å². The van der Waals surface area contributed by atoms with Crippen LogP contribution in [0.3, 0.4) is 0 Å². The number of benzene rings is 1. The van der Waals surface area contributed by atoms with Crippen molar-refractivity contribution >= 4 is 27.6 Å². The fourth-order valence-corrected chi connectivity index (χ4v) is 3.05. The summed E-state index contributed by atoms with van der Waals surface area (Å²) in [6, 6.07) is 6.32. The number of halogens is 1. The van der Waals surface area contributed by atoms with Gasteiger partial charge >= 0.3 is 6.03 Å². The Balaban J connectivity index is 1.90. The smallest absolute Gasteiger partial charge is 0.321 e. The number of carbonyl (C=O) groups excluding carboxylic acids is 1. The average Bonchev–Trinajstić information content (AvgIpc) is 3.13. The van der Waals surface area contributed by atoms with Crippen molar-refractivity contribution in [1.82, 2.24) is 4.90 Å².